The molecule has 0 spiro atoms. The summed E-state index contributed by atoms with van der Waals surface area (Å²) in [5, 5.41) is 0. The van der Waals surface area contributed by atoms with Gasteiger partial charge in [-0.1, -0.05) is 25.8 Å². The molecule has 0 aliphatic rings. The van der Waals surface area contributed by atoms with Crippen LogP contribution in [0.2, 0.25) is 0 Å². The molecule has 0 aromatic rings. The normalized spacial score (nSPS) is 16.0. The van der Waals surface area contributed by atoms with Crippen LogP contribution in [-0.4, -0.2) is 6.04 Å². The van der Waals surface area contributed by atoms with E-state index in [9.17, 15) is 0 Å². The highest BCUT2D eigenvalue weighted by atomic mass is 15.2. The van der Waals surface area contributed by atoms with Crippen LogP contribution in [0.25, 0.3) is 0 Å². The van der Waals surface area contributed by atoms with Gasteiger partial charge in [0.1, 0.15) is 0 Å². The highest BCUT2D eigenvalue weighted by molar-refractivity contribution is 4.93. The zero-order valence-corrected chi connectivity index (χ0v) is 7.85. The van der Waals surface area contributed by atoms with Gasteiger partial charge in [-0.2, -0.15) is 0 Å². The molecule has 0 aromatic carbocycles. The van der Waals surface area contributed by atoms with Gasteiger partial charge in [-0.05, 0) is 19.3 Å². The molecule has 0 amide bonds. The number of hydrazine groups is 1. The minimum atomic E-state index is 0.387. The predicted molar refractivity (Wildman–Crippen MR) is 50.0 cm³/mol. The van der Waals surface area contributed by atoms with Gasteiger partial charge in [-0.25, -0.2) is 0 Å². The summed E-state index contributed by atoms with van der Waals surface area (Å²) in [6.07, 6.45) is 2.13. The fourth-order valence-electron chi connectivity index (χ4n) is 1.08. The van der Waals surface area contributed by atoms with E-state index in [-0.39, 0.29) is 0 Å². The maximum absolute atomic E-state index is 5.41. The number of rotatable bonds is 5. The molecule has 0 rings (SSSR count). The van der Waals surface area contributed by atoms with Crippen LogP contribution < -0.4 is 11.3 Å². The predicted octanol–water partition coefficient (Wildman–Crippen LogP) is 1.83. The number of hydrogen-bond acceptors (Lipinski definition) is 2. The molecular formula is C9H20N2. The zero-order chi connectivity index (χ0) is 8.85. The monoisotopic (exact) mass is 156 g/mol. The van der Waals surface area contributed by atoms with E-state index in [1.165, 1.54) is 5.57 Å². The second kappa shape index (κ2) is 5.33. The Balaban J connectivity index is 3.84. The molecule has 0 aromatic heterocycles. The summed E-state index contributed by atoms with van der Waals surface area (Å²) in [5.74, 6) is 6.03. The third-order valence-electron chi connectivity index (χ3n) is 2.11. The van der Waals surface area contributed by atoms with Gasteiger partial charge < -0.3 is 0 Å². The first-order valence-electron chi connectivity index (χ1n) is 4.22. The lowest BCUT2D eigenvalue weighted by Gasteiger charge is -2.21. The van der Waals surface area contributed by atoms with Crippen LogP contribution in [0.15, 0.2) is 12.2 Å². The summed E-state index contributed by atoms with van der Waals surface area (Å²) in [7, 11) is 0. The molecule has 0 aliphatic heterocycles. The van der Waals surface area contributed by atoms with Crippen molar-refractivity contribution >= 4 is 0 Å². The molecule has 66 valence electrons. The van der Waals surface area contributed by atoms with Crippen molar-refractivity contribution < 1.29 is 0 Å². The van der Waals surface area contributed by atoms with E-state index >= 15 is 0 Å². The van der Waals surface area contributed by atoms with Crippen LogP contribution in [0.5, 0.6) is 0 Å². The van der Waals surface area contributed by atoms with Crippen molar-refractivity contribution in [2.24, 2.45) is 11.8 Å². The number of nitrogens with one attached hydrogen (secondary N) is 1. The van der Waals surface area contributed by atoms with Crippen LogP contribution >= 0.6 is 0 Å². The first-order chi connectivity index (χ1) is 5.11. The van der Waals surface area contributed by atoms with E-state index in [0.717, 1.165) is 12.8 Å². The topological polar surface area (TPSA) is 38.0 Å². The lowest BCUT2D eigenvalue weighted by molar-refractivity contribution is 0.369. The van der Waals surface area contributed by atoms with Gasteiger partial charge in [0.25, 0.3) is 0 Å². The van der Waals surface area contributed by atoms with Crippen LogP contribution in [0.1, 0.15) is 33.6 Å². The first-order valence-corrected chi connectivity index (χ1v) is 4.22. The Morgan fingerprint density at radius 1 is 1.64 bits per heavy atom. The van der Waals surface area contributed by atoms with E-state index < -0.39 is 0 Å². The fraction of sp³-hybridized carbons (Fsp3) is 0.778. The molecule has 0 saturated carbocycles. The second-order valence-corrected chi connectivity index (χ2v) is 3.32. The van der Waals surface area contributed by atoms with Gasteiger partial charge in [0.15, 0.2) is 0 Å². The van der Waals surface area contributed by atoms with Crippen LogP contribution in [0, 0.1) is 5.92 Å². The average Bonchev–Trinajstić information content (AvgIpc) is 1.98. The van der Waals surface area contributed by atoms with E-state index in [4.69, 9.17) is 5.84 Å². The highest BCUT2D eigenvalue weighted by Crippen LogP contribution is 2.13. The van der Waals surface area contributed by atoms with Crippen molar-refractivity contribution in [3.05, 3.63) is 12.2 Å². The molecular weight excluding hydrogens is 136 g/mol. The molecule has 0 aliphatic carbocycles. The highest BCUT2D eigenvalue weighted by Gasteiger charge is 2.13. The van der Waals surface area contributed by atoms with Crippen molar-refractivity contribution in [3.63, 3.8) is 0 Å². The SMILES string of the molecule is C=C(C)CC(NN)C(C)CC. The molecule has 3 N–H and O–H groups in total. The molecule has 0 saturated heterocycles. The van der Waals surface area contributed by atoms with Crippen molar-refractivity contribution in [2.45, 2.75) is 39.7 Å². The maximum Gasteiger partial charge on any atom is 0.0272 e. The molecule has 2 atom stereocenters. The van der Waals surface area contributed by atoms with Gasteiger partial charge in [0, 0.05) is 6.04 Å². The standard InChI is InChI=1S/C9H20N2/c1-5-8(4)9(11-10)6-7(2)3/h8-9,11H,2,5-6,10H2,1,3-4H3. The molecule has 0 fully saturated rings. The Kier molecular flexibility index (Phi) is 5.16. The Morgan fingerprint density at radius 3 is 2.45 bits per heavy atom. The van der Waals surface area contributed by atoms with Crippen molar-refractivity contribution in [2.75, 3.05) is 0 Å². The van der Waals surface area contributed by atoms with Gasteiger partial charge in [0.2, 0.25) is 0 Å². The summed E-state index contributed by atoms with van der Waals surface area (Å²) >= 11 is 0. The van der Waals surface area contributed by atoms with E-state index in [0.29, 0.717) is 12.0 Å². The minimum absolute atomic E-state index is 0.387. The van der Waals surface area contributed by atoms with Gasteiger partial charge >= 0.3 is 0 Å². The summed E-state index contributed by atoms with van der Waals surface area (Å²) in [5.41, 5.74) is 4.01. The summed E-state index contributed by atoms with van der Waals surface area (Å²) in [6, 6.07) is 0.387. The molecule has 0 heterocycles. The molecule has 2 nitrogen and oxygen atoms in total. The molecule has 0 radical (unpaired) electrons. The first kappa shape index (κ1) is 10.7. The van der Waals surface area contributed by atoms with E-state index in [1.54, 1.807) is 0 Å². The van der Waals surface area contributed by atoms with Gasteiger partial charge in [-0.15, -0.1) is 6.58 Å². The lowest BCUT2D eigenvalue weighted by atomic mass is 9.94. The Bertz CT molecular complexity index is 121. The summed E-state index contributed by atoms with van der Waals surface area (Å²) < 4.78 is 0. The fourth-order valence-corrected chi connectivity index (χ4v) is 1.08. The zero-order valence-electron chi connectivity index (χ0n) is 7.85. The minimum Gasteiger partial charge on any atom is -0.271 e. The van der Waals surface area contributed by atoms with Crippen LogP contribution in [-0.2, 0) is 0 Å². The number of nitrogens with two attached hydrogens (primary N) is 1. The average molecular weight is 156 g/mol. The second-order valence-electron chi connectivity index (χ2n) is 3.32. The largest absolute Gasteiger partial charge is 0.271 e. The van der Waals surface area contributed by atoms with Crippen molar-refractivity contribution in [3.8, 4) is 0 Å². The molecule has 2 unspecified atom stereocenters. The Morgan fingerprint density at radius 2 is 2.18 bits per heavy atom. The molecule has 2 heteroatoms. The third-order valence-corrected chi connectivity index (χ3v) is 2.11. The van der Waals surface area contributed by atoms with Gasteiger partial charge in [-0.3, -0.25) is 11.3 Å². The third kappa shape index (κ3) is 4.17. The maximum atomic E-state index is 5.41. The summed E-state index contributed by atoms with van der Waals surface area (Å²) in [6.45, 7) is 10.3. The smallest absolute Gasteiger partial charge is 0.0272 e. The quantitative estimate of drug-likeness (QED) is 0.362. The lowest BCUT2D eigenvalue weighted by Crippen LogP contribution is -2.39. The van der Waals surface area contributed by atoms with E-state index in [1.807, 2.05) is 6.92 Å². The Hall–Kier alpha value is -0.340. The summed E-state index contributed by atoms with van der Waals surface area (Å²) in [4.78, 5) is 0. The Labute approximate surface area is 69.8 Å². The van der Waals surface area contributed by atoms with E-state index in [2.05, 4.69) is 25.9 Å². The van der Waals surface area contributed by atoms with Crippen LogP contribution in [0.4, 0.5) is 0 Å². The van der Waals surface area contributed by atoms with Crippen molar-refractivity contribution in [1.82, 2.24) is 5.43 Å². The molecule has 0 bridgehead atoms. The molecule has 11 heavy (non-hydrogen) atoms. The van der Waals surface area contributed by atoms with Gasteiger partial charge in [0.05, 0.1) is 0 Å². The number of hydrogen-bond donors (Lipinski definition) is 2. The van der Waals surface area contributed by atoms with Crippen molar-refractivity contribution in [1.29, 1.82) is 0 Å². The van der Waals surface area contributed by atoms with Crippen LogP contribution in [0.3, 0.4) is 0 Å².